The van der Waals surface area contributed by atoms with Crippen LogP contribution in [0, 0.1) is 0 Å². The van der Waals surface area contributed by atoms with Crippen molar-refractivity contribution < 1.29 is 0 Å². The molecule has 0 aliphatic rings. The summed E-state index contributed by atoms with van der Waals surface area (Å²) in [5.41, 5.74) is 3.05. The Morgan fingerprint density at radius 2 is 0.579 bits per heavy atom. The molecule has 0 atom stereocenters. The second kappa shape index (κ2) is 23.6. The fraction of sp³-hybridized carbons (Fsp3) is 0.737. The Kier molecular flexibility index (Phi) is 20.4. The maximum Gasteiger partial charge on any atom is -0.0181 e. The van der Waals surface area contributed by atoms with Crippen LogP contribution in [0.15, 0.2) is 36.4 Å². The Bertz CT molecular complexity index is 720. The van der Waals surface area contributed by atoms with Gasteiger partial charge >= 0.3 is 0 Å². The molecule has 38 heavy (non-hydrogen) atoms. The van der Waals surface area contributed by atoms with E-state index >= 15 is 0 Å². The molecule has 0 aromatic heterocycles. The zero-order valence-electron chi connectivity index (χ0n) is 25.8. The van der Waals surface area contributed by atoms with Gasteiger partial charge in [-0.3, -0.25) is 0 Å². The fourth-order valence-corrected chi connectivity index (χ4v) is 6.00. The van der Waals surface area contributed by atoms with Gasteiger partial charge in [-0.25, -0.2) is 0 Å². The third kappa shape index (κ3) is 16.6. The van der Waals surface area contributed by atoms with E-state index in [2.05, 4.69) is 50.2 Å². The molecule has 0 heterocycles. The second-order valence-corrected chi connectivity index (χ2v) is 12.3. The highest BCUT2D eigenvalue weighted by molar-refractivity contribution is 5.83. The van der Waals surface area contributed by atoms with E-state index in [4.69, 9.17) is 0 Å². The largest absolute Gasteiger partial charge is 0.0654 e. The molecular formula is C38H64. The summed E-state index contributed by atoms with van der Waals surface area (Å²) in [6.45, 7) is 4.60. The van der Waals surface area contributed by atoms with Crippen molar-refractivity contribution in [2.45, 2.75) is 181 Å². The van der Waals surface area contributed by atoms with E-state index in [1.165, 1.54) is 189 Å². The molecule has 216 valence electrons. The molecule has 2 aromatic rings. The van der Waals surface area contributed by atoms with Gasteiger partial charge in [0.15, 0.2) is 0 Å². The van der Waals surface area contributed by atoms with Gasteiger partial charge in [-0.15, -0.1) is 0 Å². The average Bonchev–Trinajstić information content (AvgIpc) is 2.94. The van der Waals surface area contributed by atoms with E-state index in [1.54, 1.807) is 0 Å². The summed E-state index contributed by atoms with van der Waals surface area (Å²) < 4.78 is 0. The molecule has 0 unspecified atom stereocenters. The van der Waals surface area contributed by atoms with Crippen LogP contribution in [-0.4, -0.2) is 0 Å². The van der Waals surface area contributed by atoms with E-state index in [-0.39, 0.29) is 0 Å². The van der Waals surface area contributed by atoms with Gasteiger partial charge in [0.2, 0.25) is 0 Å². The first-order valence-electron chi connectivity index (χ1n) is 17.3. The lowest BCUT2D eigenvalue weighted by atomic mass is 9.98. The number of hydrogen-bond acceptors (Lipinski definition) is 0. The Morgan fingerprint density at radius 1 is 0.316 bits per heavy atom. The van der Waals surface area contributed by atoms with Gasteiger partial charge in [0.25, 0.3) is 0 Å². The van der Waals surface area contributed by atoms with E-state index in [0.29, 0.717) is 0 Å². The topological polar surface area (TPSA) is 0 Å². The van der Waals surface area contributed by atoms with Crippen LogP contribution in [0.5, 0.6) is 0 Å². The van der Waals surface area contributed by atoms with Gasteiger partial charge in [-0.2, -0.15) is 0 Å². The van der Waals surface area contributed by atoms with Gasteiger partial charge in [-0.1, -0.05) is 192 Å². The smallest absolute Gasteiger partial charge is 0.0181 e. The van der Waals surface area contributed by atoms with Gasteiger partial charge in [0, 0.05) is 0 Å². The third-order valence-electron chi connectivity index (χ3n) is 8.61. The summed E-state index contributed by atoms with van der Waals surface area (Å²) >= 11 is 0. The van der Waals surface area contributed by atoms with Crippen molar-refractivity contribution in [3.63, 3.8) is 0 Å². The zero-order chi connectivity index (χ0) is 26.9. The number of hydrogen-bond donors (Lipinski definition) is 0. The number of unbranched alkanes of at least 4 members (excludes halogenated alkanes) is 22. The fourth-order valence-electron chi connectivity index (χ4n) is 6.00. The predicted octanol–water partition coefficient (Wildman–Crippen LogP) is 13.3. The van der Waals surface area contributed by atoms with Crippen LogP contribution in [0.1, 0.15) is 179 Å². The molecule has 0 fully saturated rings. The maximum absolute atomic E-state index is 2.45. The van der Waals surface area contributed by atoms with Gasteiger partial charge < -0.3 is 0 Å². The summed E-state index contributed by atoms with van der Waals surface area (Å²) in [4.78, 5) is 0. The number of fused-ring (bicyclic) bond motifs is 1. The van der Waals surface area contributed by atoms with Gasteiger partial charge in [-0.05, 0) is 47.6 Å². The highest BCUT2D eigenvalue weighted by atomic mass is 14.1. The lowest BCUT2D eigenvalue weighted by Gasteiger charge is -2.07. The summed E-state index contributed by atoms with van der Waals surface area (Å²) in [6.07, 6.45) is 36.7. The molecule has 0 bridgehead atoms. The predicted molar refractivity (Wildman–Crippen MR) is 174 cm³/mol. The van der Waals surface area contributed by atoms with Crippen molar-refractivity contribution in [3.8, 4) is 0 Å². The third-order valence-corrected chi connectivity index (χ3v) is 8.61. The minimum absolute atomic E-state index is 1.24. The van der Waals surface area contributed by atoms with Crippen LogP contribution in [0.3, 0.4) is 0 Å². The average molecular weight is 521 g/mol. The van der Waals surface area contributed by atoms with E-state index in [9.17, 15) is 0 Å². The van der Waals surface area contributed by atoms with Crippen LogP contribution in [0.4, 0.5) is 0 Å². The molecule has 0 saturated carbocycles. The summed E-state index contributed by atoms with van der Waals surface area (Å²) in [7, 11) is 0. The summed E-state index contributed by atoms with van der Waals surface area (Å²) in [5, 5.41) is 2.86. The Balaban J connectivity index is 1.48. The van der Waals surface area contributed by atoms with Crippen molar-refractivity contribution >= 4 is 10.8 Å². The molecular weight excluding hydrogens is 456 g/mol. The minimum Gasteiger partial charge on any atom is -0.0654 e. The van der Waals surface area contributed by atoms with E-state index < -0.39 is 0 Å². The van der Waals surface area contributed by atoms with Crippen LogP contribution in [-0.2, 0) is 12.8 Å². The number of rotatable bonds is 26. The number of benzene rings is 2. The molecule has 0 spiro atoms. The molecule has 0 saturated heterocycles. The first-order valence-corrected chi connectivity index (χ1v) is 17.3. The van der Waals surface area contributed by atoms with Crippen molar-refractivity contribution in [1.29, 1.82) is 0 Å². The van der Waals surface area contributed by atoms with Crippen molar-refractivity contribution in [3.05, 3.63) is 47.5 Å². The first kappa shape index (κ1) is 32.9. The summed E-state index contributed by atoms with van der Waals surface area (Å²) in [6, 6.07) is 14.4. The zero-order valence-corrected chi connectivity index (χ0v) is 25.8. The lowest BCUT2D eigenvalue weighted by Crippen LogP contribution is -1.89. The molecule has 0 amide bonds. The van der Waals surface area contributed by atoms with E-state index in [0.717, 1.165) is 0 Å². The SMILES string of the molecule is CCCCCCCCCCCCCCc1ccc2cc(CCCCCCCCCCCCCC)ccc2c1. The normalized spacial score (nSPS) is 11.5. The number of aryl methyl sites for hydroxylation is 2. The van der Waals surface area contributed by atoms with Gasteiger partial charge in [0.1, 0.15) is 0 Å². The van der Waals surface area contributed by atoms with Crippen LogP contribution in [0.2, 0.25) is 0 Å². The van der Waals surface area contributed by atoms with Gasteiger partial charge in [0.05, 0.1) is 0 Å². The first-order chi connectivity index (χ1) is 18.8. The standard InChI is InChI=1S/C38H64/c1-3-5-7-9-11-13-15-17-19-21-23-25-27-35-29-31-38-34-36(30-32-37(38)33-35)28-26-24-22-20-18-16-14-12-10-8-6-4-2/h29-34H,3-28H2,1-2H3. The molecule has 0 N–H and O–H groups in total. The lowest BCUT2D eigenvalue weighted by molar-refractivity contribution is 0.544. The highest BCUT2D eigenvalue weighted by Gasteiger charge is 2.01. The van der Waals surface area contributed by atoms with Crippen molar-refractivity contribution in [1.82, 2.24) is 0 Å². The van der Waals surface area contributed by atoms with Crippen molar-refractivity contribution in [2.24, 2.45) is 0 Å². The van der Waals surface area contributed by atoms with E-state index in [1.807, 2.05) is 0 Å². The van der Waals surface area contributed by atoms with Crippen LogP contribution in [0.25, 0.3) is 10.8 Å². The molecule has 2 rings (SSSR count). The second-order valence-electron chi connectivity index (χ2n) is 12.3. The molecule has 0 radical (unpaired) electrons. The highest BCUT2D eigenvalue weighted by Crippen LogP contribution is 2.21. The Morgan fingerprint density at radius 3 is 0.868 bits per heavy atom. The summed E-state index contributed by atoms with van der Waals surface area (Å²) in [5.74, 6) is 0. The molecule has 0 nitrogen and oxygen atoms in total. The molecule has 0 aliphatic carbocycles. The minimum atomic E-state index is 1.24. The monoisotopic (exact) mass is 521 g/mol. The maximum atomic E-state index is 2.45. The van der Waals surface area contributed by atoms with Crippen LogP contribution >= 0.6 is 0 Å². The Hall–Kier alpha value is -1.30. The quantitative estimate of drug-likeness (QED) is 0.108. The Labute approximate surface area is 238 Å². The van der Waals surface area contributed by atoms with Crippen LogP contribution < -0.4 is 0 Å². The molecule has 0 heteroatoms. The van der Waals surface area contributed by atoms with Crippen molar-refractivity contribution in [2.75, 3.05) is 0 Å². The molecule has 0 aliphatic heterocycles. The molecule has 2 aromatic carbocycles.